The van der Waals surface area contributed by atoms with Crippen LogP contribution in [-0.2, 0) is 0 Å². The fraction of sp³-hybridized carbons (Fsp3) is 0. The van der Waals surface area contributed by atoms with E-state index in [9.17, 15) is 0 Å². The summed E-state index contributed by atoms with van der Waals surface area (Å²) in [4.78, 5) is 16.5. The van der Waals surface area contributed by atoms with Crippen molar-refractivity contribution in [2.24, 2.45) is 0 Å². The predicted molar refractivity (Wildman–Crippen MR) is 259 cm³/mol. The number of hydrogen-bond acceptors (Lipinski definition) is 3. The first-order chi connectivity index (χ1) is 31.3. The summed E-state index contributed by atoms with van der Waals surface area (Å²) in [7, 11) is 0. The van der Waals surface area contributed by atoms with E-state index in [1.165, 1.54) is 21.5 Å². The van der Waals surface area contributed by atoms with Gasteiger partial charge in [-0.3, -0.25) is 4.57 Å². The van der Waals surface area contributed by atoms with Gasteiger partial charge in [-0.25, -0.2) is 4.98 Å². The molecule has 0 saturated carbocycles. The van der Waals surface area contributed by atoms with Crippen LogP contribution in [0, 0.1) is 0 Å². The summed E-state index contributed by atoms with van der Waals surface area (Å²) in [5.41, 5.74) is 12.5. The Labute approximate surface area is 362 Å². The third-order valence-electron chi connectivity index (χ3n) is 12.5. The number of nitrogens with zero attached hydrogens (tertiary/aromatic N) is 6. The zero-order valence-electron chi connectivity index (χ0n) is 34.0. The number of benzene rings is 9. The summed E-state index contributed by atoms with van der Waals surface area (Å²) >= 11 is 0. The molecule has 6 nitrogen and oxygen atoms in total. The number of para-hydroxylation sites is 5. The molecule has 0 aliphatic carbocycles. The van der Waals surface area contributed by atoms with Gasteiger partial charge in [-0.05, 0) is 59.7 Å². The first kappa shape index (κ1) is 35.2. The lowest BCUT2D eigenvalue weighted by Crippen LogP contribution is -2.10. The van der Waals surface area contributed by atoms with Gasteiger partial charge in [-0.15, -0.1) is 0 Å². The van der Waals surface area contributed by atoms with Gasteiger partial charge >= 0.3 is 0 Å². The molecule has 63 heavy (non-hydrogen) atoms. The second kappa shape index (κ2) is 14.0. The van der Waals surface area contributed by atoms with Crippen molar-refractivity contribution in [2.45, 2.75) is 0 Å². The highest BCUT2D eigenvalue weighted by Gasteiger charge is 2.26. The first-order valence-corrected chi connectivity index (χ1v) is 21.3. The van der Waals surface area contributed by atoms with E-state index in [2.05, 4.69) is 214 Å². The highest BCUT2D eigenvalue weighted by atomic mass is 15.2. The fourth-order valence-electron chi connectivity index (χ4n) is 9.78. The van der Waals surface area contributed by atoms with Crippen LogP contribution >= 0.6 is 0 Å². The molecule has 0 radical (unpaired) electrons. The topological polar surface area (TPSA) is 53.5 Å². The van der Waals surface area contributed by atoms with Crippen LogP contribution in [-0.4, -0.2) is 28.7 Å². The minimum absolute atomic E-state index is 0.542. The molecular weight excluding hydrogens is 769 g/mol. The molecule has 0 aliphatic heterocycles. The SMILES string of the molecule is c1ccc(-c2ccc3c4ccccc4n(-c4nc(-c5ccccc5)nc(-c5c(-n6c7ccccc7c7ccccc76)cccc5-n5c6ccccc6c6ccccc65)n4)c3c2)cc1. The van der Waals surface area contributed by atoms with Crippen LogP contribution in [0.15, 0.2) is 218 Å². The average molecular weight is 805 g/mol. The zero-order valence-corrected chi connectivity index (χ0v) is 34.0. The lowest BCUT2D eigenvalue weighted by atomic mass is 10.0. The van der Waals surface area contributed by atoms with Gasteiger partial charge in [0.15, 0.2) is 11.6 Å². The zero-order chi connectivity index (χ0) is 41.4. The van der Waals surface area contributed by atoms with E-state index in [4.69, 9.17) is 15.0 Å². The van der Waals surface area contributed by atoms with Crippen LogP contribution in [0.1, 0.15) is 0 Å². The summed E-state index contributed by atoms with van der Waals surface area (Å²) in [5.74, 6) is 1.70. The second-order valence-electron chi connectivity index (χ2n) is 16.0. The van der Waals surface area contributed by atoms with Gasteiger partial charge in [0.1, 0.15) is 0 Å². The van der Waals surface area contributed by atoms with E-state index < -0.39 is 0 Å². The Hall–Kier alpha value is -8.61. The van der Waals surface area contributed by atoms with Crippen molar-refractivity contribution < 1.29 is 0 Å². The number of hydrogen-bond donors (Lipinski definition) is 0. The molecule has 0 saturated heterocycles. The number of aromatic nitrogens is 6. The van der Waals surface area contributed by atoms with Gasteiger partial charge in [0, 0.05) is 37.9 Å². The molecule has 0 atom stereocenters. The molecule has 9 aromatic carbocycles. The Morgan fingerprint density at radius 2 is 0.651 bits per heavy atom. The monoisotopic (exact) mass is 804 g/mol. The molecular formula is C57H36N6. The highest BCUT2D eigenvalue weighted by molar-refractivity contribution is 6.12. The molecule has 0 aliphatic rings. The Morgan fingerprint density at radius 1 is 0.254 bits per heavy atom. The fourth-order valence-corrected chi connectivity index (χ4v) is 9.78. The molecule has 13 aromatic rings. The minimum Gasteiger partial charge on any atom is -0.308 e. The van der Waals surface area contributed by atoms with Crippen LogP contribution in [0.2, 0.25) is 0 Å². The molecule has 0 bridgehead atoms. The maximum atomic E-state index is 5.65. The second-order valence-corrected chi connectivity index (χ2v) is 16.0. The molecule has 0 spiro atoms. The third kappa shape index (κ3) is 5.41. The smallest absolute Gasteiger partial charge is 0.238 e. The molecule has 6 heteroatoms. The Bertz CT molecular complexity index is 3670. The number of rotatable bonds is 6. The van der Waals surface area contributed by atoms with Gasteiger partial charge in [0.25, 0.3) is 0 Å². The third-order valence-corrected chi connectivity index (χ3v) is 12.5. The van der Waals surface area contributed by atoms with Crippen LogP contribution in [0.4, 0.5) is 0 Å². The summed E-state index contributed by atoms with van der Waals surface area (Å²) in [6.45, 7) is 0. The maximum absolute atomic E-state index is 5.65. The Morgan fingerprint density at radius 3 is 1.14 bits per heavy atom. The highest BCUT2D eigenvalue weighted by Crippen LogP contribution is 2.42. The van der Waals surface area contributed by atoms with E-state index in [0.717, 1.165) is 77.5 Å². The van der Waals surface area contributed by atoms with E-state index in [0.29, 0.717) is 17.6 Å². The van der Waals surface area contributed by atoms with E-state index in [1.807, 2.05) is 18.2 Å². The lowest BCUT2D eigenvalue weighted by molar-refractivity contribution is 0.949. The van der Waals surface area contributed by atoms with Crippen LogP contribution in [0.25, 0.3) is 117 Å². The lowest BCUT2D eigenvalue weighted by Gasteiger charge is -2.20. The quantitative estimate of drug-likeness (QED) is 0.168. The summed E-state index contributed by atoms with van der Waals surface area (Å²) in [6, 6.07) is 77.3. The van der Waals surface area contributed by atoms with Gasteiger partial charge in [0.2, 0.25) is 5.95 Å². The average Bonchev–Trinajstić information content (AvgIpc) is 4.00. The molecule has 4 heterocycles. The molecule has 4 aromatic heterocycles. The Kier molecular flexibility index (Phi) is 7.80. The maximum Gasteiger partial charge on any atom is 0.238 e. The van der Waals surface area contributed by atoms with Gasteiger partial charge < -0.3 is 9.13 Å². The number of fused-ring (bicyclic) bond motifs is 9. The van der Waals surface area contributed by atoms with Gasteiger partial charge in [-0.1, -0.05) is 170 Å². The van der Waals surface area contributed by atoms with E-state index in [-0.39, 0.29) is 0 Å². The van der Waals surface area contributed by atoms with Crippen LogP contribution < -0.4 is 0 Å². The van der Waals surface area contributed by atoms with Crippen LogP contribution in [0.3, 0.4) is 0 Å². The van der Waals surface area contributed by atoms with Crippen molar-refractivity contribution in [3.63, 3.8) is 0 Å². The van der Waals surface area contributed by atoms with E-state index in [1.54, 1.807) is 0 Å². The molecule has 0 unspecified atom stereocenters. The summed E-state index contributed by atoms with van der Waals surface area (Å²) in [5, 5.41) is 6.99. The summed E-state index contributed by atoms with van der Waals surface area (Å²) < 4.78 is 6.99. The minimum atomic E-state index is 0.542. The normalized spacial score (nSPS) is 11.8. The molecule has 0 N–H and O–H groups in total. The first-order valence-electron chi connectivity index (χ1n) is 21.3. The van der Waals surface area contributed by atoms with Crippen molar-refractivity contribution in [3.05, 3.63) is 218 Å². The molecule has 13 rings (SSSR count). The molecule has 294 valence electrons. The van der Waals surface area contributed by atoms with Crippen molar-refractivity contribution in [3.8, 4) is 51.2 Å². The standard InChI is InChI=1S/C57H36N6/c1-3-18-37(19-4-1)39-34-35-45-44-26-11-16-31-50(44)63(53(45)36-39)57-59-55(38-20-5-2-6-21-38)58-56(60-57)54-51(61-46-27-12-7-22-40(46)41-23-8-13-28-47(41)61)32-17-33-52(54)62-48-29-14-9-24-42(48)43-25-10-15-30-49(43)62/h1-36H. The summed E-state index contributed by atoms with van der Waals surface area (Å²) in [6.07, 6.45) is 0. The van der Waals surface area contributed by atoms with Crippen LogP contribution in [0.5, 0.6) is 0 Å². The van der Waals surface area contributed by atoms with Crippen molar-refractivity contribution in [2.75, 3.05) is 0 Å². The largest absolute Gasteiger partial charge is 0.308 e. The molecule has 0 amide bonds. The molecule has 0 fully saturated rings. The van der Waals surface area contributed by atoms with E-state index >= 15 is 0 Å². The van der Waals surface area contributed by atoms with Gasteiger partial charge in [0.05, 0.1) is 50.0 Å². The Balaban J connectivity index is 1.19. The van der Waals surface area contributed by atoms with Gasteiger partial charge in [-0.2, -0.15) is 9.97 Å². The predicted octanol–water partition coefficient (Wildman–Crippen LogP) is 14.2. The van der Waals surface area contributed by atoms with Crippen molar-refractivity contribution in [1.29, 1.82) is 0 Å². The van der Waals surface area contributed by atoms with Crippen molar-refractivity contribution >= 4 is 65.4 Å². The van der Waals surface area contributed by atoms with Crippen molar-refractivity contribution in [1.82, 2.24) is 28.7 Å².